The molecule has 1 aromatic rings. The molecule has 1 aliphatic heterocycles. The molecule has 1 saturated heterocycles. The molecular weight excluding hydrogens is 292 g/mol. The van der Waals surface area contributed by atoms with Crippen LogP contribution in [0.5, 0.6) is 5.75 Å². The van der Waals surface area contributed by atoms with E-state index >= 15 is 0 Å². The molecule has 1 heterocycles. The van der Waals surface area contributed by atoms with E-state index in [1.54, 1.807) is 19.1 Å². The number of hydrogen-bond donors (Lipinski definition) is 1. The number of likely N-dealkylation sites (N-methyl/N-ethyl adjacent to an activating group) is 1. The van der Waals surface area contributed by atoms with Gasteiger partial charge in [0.05, 0.1) is 4.90 Å². The summed E-state index contributed by atoms with van der Waals surface area (Å²) >= 11 is 0. The van der Waals surface area contributed by atoms with E-state index in [1.165, 1.54) is 23.5 Å². The van der Waals surface area contributed by atoms with Gasteiger partial charge in [-0.1, -0.05) is 0 Å². The van der Waals surface area contributed by atoms with E-state index in [0.29, 0.717) is 18.8 Å². The lowest BCUT2D eigenvalue weighted by Crippen LogP contribution is -2.33. The Morgan fingerprint density at radius 2 is 1.81 bits per heavy atom. The molecule has 0 radical (unpaired) electrons. The molecule has 7 heteroatoms. The van der Waals surface area contributed by atoms with E-state index in [-0.39, 0.29) is 10.8 Å². The van der Waals surface area contributed by atoms with Crippen LogP contribution in [-0.4, -0.2) is 44.9 Å². The molecule has 1 aliphatic rings. The molecule has 21 heavy (non-hydrogen) atoms. The lowest BCUT2D eigenvalue weighted by molar-refractivity contribution is -0.126. The number of nitrogens with one attached hydrogen (secondary N) is 1. The molecule has 116 valence electrons. The first kappa shape index (κ1) is 15.8. The summed E-state index contributed by atoms with van der Waals surface area (Å²) in [6.45, 7) is 2.79. The molecule has 2 rings (SSSR count). The third-order valence-electron chi connectivity index (χ3n) is 3.46. The summed E-state index contributed by atoms with van der Waals surface area (Å²) in [5.74, 6) is 0.232. The summed E-state index contributed by atoms with van der Waals surface area (Å²) in [6, 6.07) is 6.17. The summed E-state index contributed by atoms with van der Waals surface area (Å²) in [5, 5.41) is 2.49. The topological polar surface area (TPSA) is 75.7 Å². The maximum Gasteiger partial charge on any atom is 0.260 e. The third-order valence-corrected chi connectivity index (χ3v) is 5.37. The van der Waals surface area contributed by atoms with Crippen LogP contribution in [-0.2, 0) is 14.8 Å². The van der Waals surface area contributed by atoms with E-state index < -0.39 is 16.1 Å². The second-order valence-corrected chi connectivity index (χ2v) is 6.89. The zero-order valence-electron chi connectivity index (χ0n) is 12.2. The molecule has 0 unspecified atom stereocenters. The van der Waals surface area contributed by atoms with Gasteiger partial charge >= 0.3 is 0 Å². The van der Waals surface area contributed by atoms with Crippen molar-refractivity contribution in [2.45, 2.75) is 30.8 Å². The molecule has 0 spiro atoms. The number of hydrogen-bond acceptors (Lipinski definition) is 4. The minimum Gasteiger partial charge on any atom is -0.481 e. The highest BCUT2D eigenvalue weighted by atomic mass is 32.2. The number of carbonyl (C=O) groups is 1. The average molecular weight is 312 g/mol. The molecule has 1 fully saturated rings. The number of sulfonamides is 1. The Bertz CT molecular complexity index is 592. The van der Waals surface area contributed by atoms with E-state index in [2.05, 4.69) is 5.32 Å². The van der Waals surface area contributed by atoms with Crippen LogP contribution < -0.4 is 10.1 Å². The molecule has 6 nitrogen and oxygen atoms in total. The maximum atomic E-state index is 12.3. The van der Waals surface area contributed by atoms with Gasteiger partial charge in [-0.25, -0.2) is 8.42 Å². The standard InChI is InChI=1S/C14H20N2O4S/c1-11(14(17)15-2)20-12-5-7-13(8-6-12)21(18,19)16-9-3-4-10-16/h5-8,11H,3-4,9-10H2,1-2H3,(H,15,17)/t11-/m0/s1. The van der Waals surface area contributed by atoms with Crippen molar-refractivity contribution in [1.29, 1.82) is 0 Å². The Morgan fingerprint density at radius 3 is 2.33 bits per heavy atom. The summed E-state index contributed by atoms with van der Waals surface area (Å²) in [5.41, 5.74) is 0. The van der Waals surface area contributed by atoms with Crippen molar-refractivity contribution in [1.82, 2.24) is 9.62 Å². The summed E-state index contributed by atoms with van der Waals surface area (Å²) < 4.78 is 31.6. The summed E-state index contributed by atoms with van der Waals surface area (Å²) in [4.78, 5) is 11.6. The Labute approximate surface area is 125 Å². The number of benzene rings is 1. The lowest BCUT2D eigenvalue weighted by atomic mass is 10.3. The smallest absolute Gasteiger partial charge is 0.260 e. The fourth-order valence-corrected chi connectivity index (χ4v) is 3.75. The Hall–Kier alpha value is -1.60. The fraction of sp³-hybridized carbons (Fsp3) is 0.500. The number of rotatable bonds is 5. The van der Waals surface area contributed by atoms with Crippen molar-refractivity contribution in [2.24, 2.45) is 0 Å². The van der Waals surface area contributed by atoms with Gasteiger partial charge < -0.3 is 10.1 Å². The minimum atomic E-state index is -3.41. The predicted molar refractivity (Wildman–Crippen MR) is 78.6 cm³/mol. The number of ether oxygens (including phenoxy) is 1. The highest BCUT2D eigenvalue weighted by Crippen LogP contribution is 2.23. The Morgan fingerprint density at radius 1 is 1.24 bits per heavy atom. The van der Waals surface area contributed by atoms with Gasteiger partial charge in [0.25, 0.3) is 5.91 Å². The van der Waals surface area contributed by atoms with Crippen LogP contribution in [0.4, 0.5) is 0 Å². The zero-order valence-corrected chi connectivity index (χ0v) is 13.0. The largest absolute Gasteiger partial charge is 0.481 e. The molecule has 1 N–H and O–H groups in total. The maximum absolute atomic E-state index is 12.3. The van der Waals surface area contributed by atoms with E-state index in [9.17, 15) is 13.2 Å². The van der Waals surface area contributed by atoms with Crippen molar-refractivity contribution in [3.05, 3.63) is 24.3 Å². The number of nitrogens with zero attached hydrogens (tertiary/aromatic N) is 1. The molecule has 1 aromatic carbocycles. The van der Waals surface area contributed by atoms with Crippen molar-refractivity contribution in [3.8, 4) is 5.75 Å². The van der Waals surface area contributed by atoms with Gasteiger partial charge in [0, 0.05) is 20.1 Å². The molecule has 0 aromatic heterocycles. The Balaban J connectivity index is 2.10. The third kappa shape index (κ3) is 3.54. The summed E-state index contributed by atoms with van der Waals surface area (Å²) in [7, 11) is -1.87. The quantitative estimate of drug-likeness (QED) is 0.879. The molecule has 0 saturated carbocycles. The van der Waals surface area contributed by atoms with Crippen molar-refractivity contribution in [3.63, 3.8) is 0 Å². The number of amides is 1. The molecule has 1 amide bonds. The predicted octanol–water partition coefficient (Wildman–Crippen LogP) is 0.984. The zero-order chi connectivity index (χ0) is 15.5. The molecule has 1 atom stereocenters. The monoisotopic (exact) mass is 312 g/mol. The Kier molecular flexibility index (Phi) is 4.84. The van der Waals surface area contributed by atoms with Gasteiger partial charge in [-0.2, -0.15) is 4.31 Å². The van der Waals surface area contributed by atoms with Crippen LogP contribution in [0, 0.1) is 0 Å². The molecule has 0 bridgehead atoms. The SMILES string of the molecule is CNC(=O)[C@H](C)Oc1ccc(S(=O)(=O)N2CCCC2)cc1. The first-order valence-corrected chi connectivity index (χ1v) is 8.37. The lowest BCUT2D eigenvalue weighted by Gasteiger charge is -2.16. The normalized spacial score (nSPS) is 17.4. The average Bonchev–Trinajstić information content (AvgIpc) is 3.02. The van der Waals surface area contributed by atoms with Crippen LogP contribution in [0.25, 0.3) is 0 Å². The van der Waals surface area contributed by atoms with Crippen molar-refractivity contribution < 1.29 is 17.9 Å². The molecule has 0 aliphatic carbocycles. The van der Waals surface area contributed by atoms with Crippen LogP contribution in [0.1, 0.15) is 19.8 Å². The van der Waals surface area contributed by atoms with Crippen molar-refractivity contribution in [2.75, 3.05) is 20.1 Å². The van der Waals surface area contributed by atoms with Gasteiger partial charge in [-0.15, -0.1) is 0 Å². The highest BCUT2D eigenvalue weighted by molar-refractivity contribution is 7.89. The van der Waals surface area contributed by atoms with Crippen LogP contribution in [0.2, 0.25) is 0 Å². The second kappa shape index (κ2) is 6.44. The van der Waals surface area contributed by atoms with E-state index in [1.807, 2.05) is 0 Å². The van der Waals surface area contributed by atoms with Gasteiger partial charge in [0.2, 0.25) is 10.0 Å². The summed E-state index contributed by atoms with van der Waals surface area (Å²) in [6.07, 6.45) is 1.18. The van der Waals surface area contributed by atoms with Gasteiger partial charge in [-0.05, 0) is 44.0 Å². The van der Waals surface area contributed by atoms with E-state index in [0.717, 1.165) is 12.8 Å². The van der Waals surface area contributed by atoms with E-state index in [4.69, 9.17) is 4.74 Å². The van der Waals surface area contributed by atoms with Crippen LogP contribution in [0.3, 0.4) is 0 Å². The van der Waals surface area contributed by atoms with Gasteiger partial charge in [-0.3, -0.25) is 4.79 Å². The fourth-order valence-electron chi connectivity index (χ4n) is 2.23. The number of carbonyl (C=O) groups excluding carboxylic acids is 1. The second-order valence-electron chi connectivity index (χ2n) is 4.96. The van der Waals surface area contributed by atoms with Crippen LogP contribution >= 0.6 is 0 Å². The van der Waals surface area contributed by atoms with Crippen molar-refractivity contribution >= 4 is 15.9 Å². The first-order chi connectivity index (χ1) is 9.95. The first-order valence-electron chi connectivity index (χ1n) is 6.93. The van der Waals surface area contributed by atoms with Crippen LogP contribution in [0.15, 0.2) is 29.2 Å². The van der Waals surface area contributed by atoms with Gasteiger partial charge in [0.1, 0.15) is 5.75 Å². The van der Waals surface area contributed by atoms with Gasteiger partial charge in [0.15, 0.2) is 6.10 Å². The minimum absolute atomic E-state index is 0.233. The molecular formula is C14H20N2O4S. The highest BCUT2D eigenvalue weighted by Gasteiger charge is 2.27.